The van der Waals surface area contributed by atoms with E-state index in [-0.39, 0.29) is 28.6 Å². The lowest BCUT2D eigenvalue weighted by atomic mass is 9.53. The largest absolute Gasteiger partial charge is 0.468 e. The van der Waals surface area contributed by atoms with Crippen molar-refractivity contribution in [2.75, 3.05) is 14.2 Å². The summed E-state index contributed by atoms with van der Waals surface area (Å²) in [6.07, 6.45) is 2.17. The van der Waals surface area contributed by atoms with Gasteiger partial charge in [-0.2, -0.15) is 0 Å². The number of hydrogen-bond acceptors (Lipinski definition) is 6. The Morgan fingerprint density at radius 1 is 1.03 bits per heavy atom. The molecule has 0 aromatic heterocycles. The molecule has 3 atom stereocenters. The van der Waals surface area contributed by atoms with E-state index in [1.165, 1.54) is 14.2 Å². The normalized spacial score (nSPS) is 32.2. The average Bonchev–Trinajstić information content (AvgIpc) is 3.08. The Morgan fingerprint density at radius 2 is 1.57 bits per heavy atom. The first-order chi connectivity index (χ1) is 13.6. The summed E-state index contributed by atoms with van der Waals surface area (Å²) in [5.74, 6) is -1.27. The molecule has 0 heterocycles. The van der Waals surface area contributed by atoms with Crippen LogP contribution in [0.3, 0.4) is 0 Å². The third kappa shape index (κ3) is 2.73. The van der Waals surface area contributed by atoms with Crippen molar-refractivity contribution in [3.8, 4) is 0 Å². The Bertz CT molecular complexity index is 819. The predicted octanol–water partition coefficient (Wildman–Crippen LogP) is 4.19. The van der Waals surface area contributed by atoms with Gasteiger partial charge >= 0.3 is 11.9 Å². The van der Waals surface area contributed by atoms with E-state index in [9.17, 15) is 14.4 Å². The quantitative estimate of drug-likeness (QED) is 0.365. The molecular weight excluding hydrogens is 400 g/mol. The molecule has 3 rings (SSSR count). The molecule has 3 aliphatic carbocycles. The summed E-state index contributed by atoms with van der Waals surface area (Å²) in [5.41, 5.74) is -0.729. The number of ketones is 1. The number of fused-ring (bicyclic) bond motifs is 3. The van der Waals surface area contributed by atoms with Crippen molar-refractivity contribution in [3.05, 3.63) is 11.1 Å². The molecule has 0 aromatic rings. The Labute approximate surface area is 180 Å². The monoisotopic (exact) mass is 436 g/mol. The minimum Gasteiger partial charge on any atom is -0.468 e. The lowest BCUT2D eigenvalue weighted by Crippen LogP contribution is -2.64. The highest BCUT2D eigenvalue weighted by molar-refractivity contribution is 6.74. The number of methoxy groups -OCH3 is 2. The topological polar surface area (TPSA) is 78.9 Å². The van der Waals surface area contributed by atoms with Crippen molar-refractivity contribution in [3.63, 3.8) is 0 Å². The minimum atomic E-state index is -2.18. The van der Waals surface area contributed by atoms with E-state index in [1.54, 1.807) is 6.92 Å². The van der Waals surface area contributed by atoms with Gasteiger partial charge in [0, 0.05) is 11.0 Å². The van der Waals surface area contributed by atoms with E-state index in [1.807, 2.05) is 0 Å². The van der Waals surface area contributed by atoms with Crippen molar-refractivity contribution < 1.29 is 28.3 Å². The van der Waals surface area contributed by atoms with Gasteiger partial charge in [-0.3, -0.25) is 14.4 Å². The zero-order valence-corrected chi connectivity index (χ0v) is 20.9. The maximum Gasteiger partial charge on any atom is 0.323 e. The number of esters is 2. The molecule has 6 nitrogen and oxygen atoms in total. The van der Waals surface area contributed by atoms with Gasteiger partial charge in [0.1, 0.15) is 0 Å². The van der Waals surface area contributed by atoms with Crippen LogP contribution in [-0.2, 0) is 28.3 Å². The summed E-state index contributed by atoms with van der Waals surface area (Å²) < 4.78 is 17.1. The molecule has 0 unspecified atom stereocenters. The van der Waals surface area contributed by atoms with E-state index in [0.717, 1.165) is 18.4 Å². The summed E-state index contributed by atoms with van der Waals surface area (Å²) in [4.78, 5) is 38.5. The van der Waals surface area contributed by atoms with Crippen molar-refractivity contribution in [2.45, 2.75) is 84.0 Å². The summed E-state index contributed by atoms with van der Waals surface area (Å²) in [5, 5.41) is 0.00427. The fourth-order valence-corrected chi connectivity index (χ4v) is 7.45. The number of rotatable bonds is 5. The highest BCUT2D eigenvalue weighted by atomic mass is 28.4. The van der Waals surface area contributed by atoms with Crippen molar-refractivity contribution in [2.24, 2.45) is 16.7 Å². The molecule has 0 N–H and O–H groups in total. The van der Waals surface area contributed by atoms with Crippen LogP contribution < -0.4 is 0 Å². The van der Waals surface area contributed by atoms with E-state index >= 15 is 0 Å². The third-order valence-electron chi connectivity index (χ3n) is 8.62. The van der Waals surface area contributed by atoms with Crippen LogP contribution in [0.1, 0.15) is 60.3 Å². The van der Waals surface area contributed by atoms with Gasteiger partial charge in [-0.25, -0.2) is 0 Å². The smallest absolute Gasteiger partial charge is 0.323 e. The van der Waals surface area contributed by atoms with Gasteiger partial charge in [0.05, 0.1) is 19.8 Å². The van der Waals surface area contributed by atoms with Gasteiger partial charge in [-0.1, -0.05) is 33.3 Å². The molecular formula is C23H36O6Si. The molecule has 2 saturated carbocycles. The fraction of sp³-hybridized carbons (Fsp3) is 0.783. The number of hydrogen-bond donors (Lipinski definition) is 0. The van der Waals surface area contributed by atoms with E-state index in [4.69, 9.17) is 13.9 Å². The molecule has 0 radical (unpaired) electrons. The maximum absolute atomic E-state index is 13.0. The van der Waals surface area contributed by atoms with E-state index < -0.39 is 31.3 Å². The van der Waals surface area contributed by atoms with Crippen LogP contribution in [-0.4, -0.2) is 45.9 Å². The van der Waals surface area contributed by atoms with Crippen LogP contribution in [0.2, 0.25) is 18.1 Å². The lowest BCUT2D eigenvalue weighted by molar-refractivity contribution is -0.172. The minimum absolute atomic E-state index is 0.00427. The molecule has 0 bridgehead atoms. The van der Waals surface area contributed by atoms with Gasteiger partial charge in [0.15, 0.2) is 19.5 Å². The second kappa shape index (κ2) is 6.76. The number of carbonyl (C=O) groups is 3. The van der Waals surface area contributed by atoms with Crippen LogP contribution in [0.15, 0.2) is 11.1 Å². The van der Waals surface area contributed by atoms with Crippen LogP contribution in [0.5, 0.6) is 0 Å². The predicted molar refractivity (Wildman–Crippen MR) is 115 cm³/mol. The Kier molecular flexibility index (Phi) is 5.23. The number of ether oxygens (including phenoxy) is 2. The number of Topliss-reactive ketones (excluding diaryl/α,β-unsaturated/α-hetero) is 1. The van der Waals surface area contributed by atoms with Gasteiger partial charge in [-0.15, -0.1) is 0 Å². The average molecular weight is 437 g/mol. The second-order valence-electron chi connectivity index (χ2n) is 11.1. The Balaban J connectivity index is 2.17. The fourth-order valence-electron chi connectivity index (χ4n) is 5.84. The molecule has 3 aliphatic rings. The number of allylic oxidation sites excluding steroid dienone is 1. The zero-order valence-electron chi connectivity index (χ0n) is 19.9. The van der Waals surface area contributed by atoms with Crippen molar-refractivity contribution in [1.82, 2.24) is 0 Å². The number of carbonyl (C=O) groups excluding carboxylic acids is 3. The van der Waals surface area contributed by atoms with Crippen LogP contribution in [0, 0.1) is 16.7 Å². The molecule has 30 heavy (non-hydrogen) atoms. The summed E-state index contributed by atoms with van der Waals surface area (Å²) >= 11 is 0. The van der Waals surface area contributed by atoms with Gasteiger partial charge < -0.3 is 13.9 Å². The zero-order chi connectivity index (χ0) is 22.9. The summed E-state index contributed by atoms with van der Waals surface area (Å²) in [7, 11) is 0.400. The van der Waals surface area contributed by atoms with Crippen LogP contribution in [0.25, 0.3) is 0 Å². The maximum atomic E-state index is 13.0. The molecule has 0 saturated heterocycles. The van der Waals surface area contributed by atoms with Crippen LogP contribution >= 0.6 is 0 Å². The van der Waals surface area contributed by atoms with Crippen LogP contribution in [0.4, 0.5) is 0 Å². The molecule has 7 heteroatoms. The standard InChI is InChI=1S/C23H36O6Si/c1-14(24)17-15-12-22(18(25)27-6,19(26)28-7)13-16(15)21(5)10-11-23(17,21)29-30(8,9)20(2,3)4/h16H,10-13H2,1-9H3/t16-,21+,23+/m0/s1. The summed E-state index contributed by atoms with van der Waals surface area (Å²) in [6.45, 7) is 14.8. The highest BCUT2D eigenvalue weighted by Crippen LogP contribution is 2.73. The van der Waals surface area contributed by atoms with E-state index in [2.05, 4.69) is 40.8 Å². The Morgan fingerprint density at radius 3 is 1.93 bits per heavy atom. The molecule has 0 amide bonds. The molecule has 2 fully saturated rings. The van der Waals surface area contributed by atoms with E-state index in [0.29, 0.717) is 12.0 Å². The third-order valence-corrected chi connectivity index (χ3v) is 13.1. The lowest BCUT2D eigenvalue weighted by Gasteiger charge is -2.61. The first-order valence-electron chi connectivity index (χ1n) is 10.7. The first-order valence-corrected chi connectivity index (χ1v) is 13.7. The molecule has 0 aliphatic heterocycles. The highest BCUT2D eigenvalue weighted by Gasteiger charge is 2.74. The molecule has 168 valence electrons. The van der Waals surface area contributed by atoms with Crippen molar-refractivity contribution >= 4 is 26.0 Å². The van der Waals surface area contributed by atoms with Gasteiger partial charge in [0.2, 0.25) is 0 Å². The molecule has 0 spiro atoms. The Hall–Kier alpha value is -1.47. The SMILES string of the molecule is COC(=O)C1(C(=O)OC)CC2=C(C(C)=O)[C@]3(O[Si](C)(C)C(C)(C)C)CC[C@]3(C)[C@H]2C1. The van der Waals surface area contributed by atoms with Gasteiger partial charge in [-0.05, 0) is 56.7 Å². The van der Waals surface area contributed by atoms with Gasteiger partial charge in [0.25, 0.3) is 0 Å². The first kappa shape index (κ1) is 23.2. The second-order valence-corrected chi connectivity index (χ2v) is 15.8. The molecule has 0 aromatic carbocycles. The van der Waals surface area contributed by atoms with Crippen molar-refractivity contribution in [1.29, 1.82) is 0 Å². The summed E-state index contributed by atoms with van der Waals surface area (Å²) in [6, 6.07) is 0.